The smallest absolute Gasteiger partial charge is 0.340 e. The third kappa shape index (κ3) is 7.93. The predicted molar refractivity (Wildman–Crippen MR) is 219 cm³/mol. The summed E-state index contributed by atoms with van der Waals surface area (Å²) in [5, 5.41) is 5.64. The number of hydrogen-bond acceptors (Lipinski definition) is 6. The summed E-state index contributed by atoms with van der Waals surface area (Å²) in [7, 11) is 1.34. The molecule has 0 aliphatic rings. The zero-order valence-corrected chi connectivity index (χ0v) is 30.7. The van der Waals surface area contributed by atoms with Crippen LogP contribution in [0.2, 0.25) is 20.4 Å². The monoisotopic (exact) mass is 870 g/mol. The number of methoxy groups -OCH3 is 1. The van der Waals surface area contributed by atoms with Crippen LogP contribution in [-0.4, -0.2) is 42.1 Å². The number of benzene rings is 2. The molecule has 0 saturated carbocycles. The van der Waals surface area contributed by atoms with Crippen molar-refractivity contribution in [2.45, 2.75) is 27.9 Å². The topological polar surface area (TPSA) is 87.7 Å². The third-order valence-electron chi connectivity index (χ3n) is 7.98. The Hall–Kier alpha value is -4.00. The summed E-state index contributed by atoms with van der Waals surface area (Å²) in [6.07, 6.45) is 10.5. The molecule has 6 aromatic heterocycles. The van der Waals surface area contributed by atoms with Crippen molar-refractivity contribution in [3.05, 3.63) is 138 Å². The zero-order valence-electron chi connectivity index (χ0n) is 25.5. The average molecular weight is 872 g/mol. The first-order valence-corrected chi connectivity index (χ1v) is 17.4. The molecule has 8 aromatic rings. The molecular formula is C38H31Cl4IN6O2. The Kier molecular flexibility index (Phi) is 12.1. The lowest BCUT2D eigenvalue weighted by atomic mass is 10.1. The largest absolute Gasteiger partial charge is 0.465 e. The molecule has 260 valence electrons. The van der Waals surface area contributed by atoms with E-state index < -0.39 is 5.97 Å². The Labute approximate surface area is 328 Å². The van der Waals surface area contributed by atoms with Crippen LogP contribution in [0.5, 0.6) is 0 Å². The van der Waals surface area contributed by atoms with Crippen LogP contribution < -0.4 is 0 Å². The Bertz CT molecular complexity index is 2550. The van der Waals surface area contributed by atoms with Crippen molar-refractivity contribution in [3.63, 3.8) is 0 Å². The highest BCUT2D eigenvalue weighted by Gasteiger charge is 2.19. The fourth-order valence-corrected chi connectivity index (χ4v) is 7.66. The van der Waals surface area contributed by atoms with Gasteiger partial charge in [-0.1, -0.05) is 73.4 Å². The summed E-state index contributed by atoms with van der Waals surface area (Å²) >= 11 is 26.8. The molecule has 2 aromatic carbocycles. The van der Waals surface area contributed by atoms with E-state index in [-0.39, 0.29) is 20.0 Å². The molecule has 0 aliphatic heterocycles. The minimum Gasteiger partial charge on any atom is -0.465 e. The molecule has 0 spiro atoms. The van der Waals surface area contributed by atoms with Crippen LogP contribution in [0.25, 0.3) is 43.6 Å². The number of carbonyl (C=O) groups is 1. The number of halogens is 5. The van der Waals surface area contributed by atoms with E-state index in [0.717, 1.165) is 53.9 Å². The molecule has 0 bridgehead atoms. The fraction of sp³-hybridized carbons (Fsp3) is 0.132. The molecule has 6 heterocycles. The molecule has 0 amide bonds. The highest BCUT2D eigenvalue weighted by molar-refractivity contribution is 14.1. The van der Waals surface area contributed by atoms with Crippen molar-refractivity contribution in [2.75, 3.05) is 7.11 Å². The molecule has 0 N–H and O–H groups in total. The zero-order chi connectivity index (χ0) is 34.2. The summed E-state index contributed by atoms with van der Waals surface area (Å²) in [6.45, 7) is 1.30. The van der Waals surface area contributed by atoms with Gasteiger partial charge in [-0.25, -0.2) is 14.8 Å². The van der Waals surface area contributed by atoms with Crippen molar-refractivity contribution in [3.8, 4) is 0 Å². The van der Waals surface area contributed by atoms with E-state index in [1.807, 2.05) is 53.1 Å². The first kappa shape index (κ1) is 38.2. The number of aromatic nitrogens is 6. The first-order chi connectivity index (χ1) is 23.7. The molecule has 0 fully saturated rings. The minimum atomic E-state index is -0.446. The maximum absolute atomic E-state index is 12.1. The Morgan fingerprint density at radius 2 is 1.18 bits per heavy atom. The van der Waals surface area contributed by atoms with Crippen LogP contribution in [0, 0.1) is 3.57 Å². The van der Waals surface area contributed by atoms with E-state index in [4.69, 9.17) is 51.1 Å². The number of carbonyl (C=O) groups excluding carboxylic acids is 1. The maximum atomic E-state index is 12.1. The van der Waals surface area contributed by atoms with Gasteiger partial charge < -0.3 is 13.9 Å². The highest BCUT2D eigenvalue weighted by Crippen LogP contribution is 2.30. The van der Waals surface area contributed by atoms with E-state index in [2.05, 4.69) is 65.4 Å². The van der Waals surface area contributed by atoms with Gasteiger partial charge in [-0.2, -0.15) is 0 Å². The molecule has 0 aliphatic carbocycles. The average Bonchev–Trinajstić information content (AvgIpc) is 3.62. The number of nitrogens with zero attached hydrogens (tertiary/aromatic N) is 6. The van der Waals surface area contributed by atoms with E-state index >= 15 is 0 Å². The lowest BCUT2D eigenvalue weighted by Crippen LogP contribution is -2.01. The molecule has 51 heavy (non-hydrogen) atoms. The number of esters is 1. The predicted octanol–water partition coefficient (Wildman–Crippen LogP) is 11.5. The quantitative estimate of drug-likeness (QED) is 0.0972. The van der Waals surface area contributed by atoms with Crippen molar-refractivity contribution < 1.29 is 9.53 Å². The number of fused-ring (bicyclic) bond motifs is 4. The van der Waals surface area contributed by atoms with Crippen molar-refractivity contribution in [1.82, 2.24) is 29.1 Å². The SMILES string of the molecule is C.C.COC(=O)c1cn(Cc2ccc3ncc(Cl)cc3c2)c2ccnc(Cl)c12.Clc1cnc2ccc(Cn3cc(I)c4c(Cl)nccc43)cc2c1. The standard InChI is InChI=1S/C19H13Cl2N3O2.C17H10Cl2IN3.2CH4/c1-26-19(25)14-10-24(16-4-5-22-18(21)17(14)16)9-11-2-3-15-12(6-11)7-13(20)8-23-15;18-12-6-11-5-10(1-2-14(11)22-7-12)8-23-9-13(20)16-15(23)3-4-21-17(16)19;;/h2-8,10H,9H2,1H3;1-7,9H,8H2;2*1H4. The van der Waals surface area contributed by atoms with Crippen LogP contribution in [0.1, 0.15) is 36.3 Å². The van der Waals surface area contributed by atoms with Gasteiger partial charge in [0.2, 0.25) is 0 Å². The van der Waals surface area contributed by atoms with Gasteiger partial charge in [-0.05, 0) is 82.2 Å². The molecule has 0 radical (unpaired) electrons. The Morgan fingerprint density at radius 3 is 1.71 bits per heavy atom. The Morgan fingerprint density at radius 1 is 0.686 bits per heavy atom. The summed E-state index contributed by atoms with van der Waals surface area (Å²) in [6, 6.07) is 19.8. The third-order valence-corrected chi connectivity index (χ3v) is 9.79. The van der Waals surface area contributed by atoms with Crippen molar-refractivity contribution in [2.24, 2.45) is 0 Å². The van der Waals surface area contributed by atoms with Gasteiger partial charge in [0.1, 0.15) is 10.3 Å². The molecule has 8 nitrogen and oxygen atoms in total. The van der Waals surface area contributed by atoms with E-state index in [9.17, 15) is 4.79 Å². The first-order valence-electron chi connectivity index (χ1n) is 14.8. The highest BCUT2D eigenvalue weighted by atomic mass is 127. The van der Waals surface area contributed by atoms with E-state index in [0.29, 0.717) is 32.7 Å². The summed E-state index contributed by atoms with van der Waals surface area (Å²) in [5.74, 6) is -0.446. The van der Waals surface area contributed by atoms with Gasteiger partial charge in [0.25, 0.3) is 0 Å². The maximum Gasteiger partial charge on any atom is 0.340 e. The van der Waals surface area contributed by atoms with Crippen LogP contribution in [0.15, 0.2) is 97.8 Å². The van der Waals surface area contributed by atoms with E-state index in [1.165, 1.54) is 12.7 Å². The lowest BCUT2D eigenvalue weighted by molar-refractivity contribution is 0.0602. The van der Waals surface area contributed by atoms with Gasteiger partial charge in [-0.3, -0.25) is 9.97 Å². The number of ether oxygens (including phenoxy) is 1. The van der Waals surface area contributed by atoms with Gasteiger partial charge >= 0.3 is 5.97 Å². The second kappa shape index (κ2) is 16.1. The van der Waals surface area contributed by atoms with Gasteiger partial charge in [0.15, 0.2) is 0 Å². The number of pyridine rings is 4. The van der Waals surface area contributed by atoms with Crippen molar-refractivity contribution in [1.29, 1.82) is 0 Å². The normalized spacial score (nSPS) is 10.9. The molecule has 8 rings (SSSR count). The minimum absolute atomic E-state index is 0. The molecule has 0 atom stereocenters. The van der Waals surface area contributed by atoms with Crippen molar-refractivity contribution >= 4 is 119 Å². The Balaban J connectivity index is 0.000000191. The lowest BCUT2D eigenvalue weighted by Gasteiger charge is -2.07. The molecule has 0 unspecified atom stereocenters. The van der Waals surface area contributed by atoms with E-state index in [1.54, 1.807) is 31.0 Å². The summed E-state index contributed by atoms with van der Waals surface area (Å²) in [4.78, 5) is 29.0. The fourth-order valence-electron chi connectivity index (χ4n) is 5.79. The molecule has 0 saturated heterocycles. The van der Waals surface area contributed by atoms with Gasteiger partial charge in [0, 0.05) is 64.6 Å². The second-order valence-corrected chi connectivity index (χ2v) is 13.9. The van der Waals surface area contributed by atoms with Crippen LogP contribution in [-0.2, 0) is 17.8 Å². The summed E-state index contributed by atoms with van der Waals surface area (Å²) < 4.78 is 10.1. The van der Waals surface area contributed by atoms with Gasteiger partial charge in [0.05, 0.1) is 55.6 Å². The van der Waals surface area contributed by atoms with Crippen LogP contribution >= 0.6 is 69.0 Å². The molecule has 13 heteroatoms. The number of hydrogen-bond donors (Lipinski definition) is 0. The second-order valence-electron chi connectivity index (χ2n) is 11.1. The van der Waals surface area contributed by atoms with Crippen LogP contribution in [0.3, 0.4) is 0 Å². The molecular weight excluding hydrogens is 841 g/mol. The number of rotatable bonds is 5. The summed E-state index contributed by atoms with van der Waals surface area (Å²) in [5.41, 5.74) is 6.33. The van der Waals surface area contributed by atoms with Crippen LogP contribution in [0.4, 0.5) is 0 Å². The van der Waals surface area contributed by atoms with Gasteiger partial charge in [-0.15, -0.1) is 0 Å².